The first kappa shape index (κ1) is 9.75. The van der Waals surface area contributed by atoms with Crippen LogP contribution >= 0.6 is 0 Å². The molecule has 0 aliphatic rings. The lowest BCUT2D eigenvalue weighted by molar-refractivity contribution is -0.117. The molecule has 0 aliphatic carbocycles. The molecule has 0 fully saturated rings. The lowest BCUT2D eigenvalue weighted by Crippen LogP contribution is -2.31. The van der Waals surface area contributed by atoms with E-state index in [1.165, 1.54) is 0 Å². The number of hydrogen-bond donors (Lipinski definition) is 2. The highest BCUT2D eigenvalue weighted by atomic mass is 16.2. The van der Waals surface area contributed by atoms with Crippen molar-refractivity contribution in [3.63, 3.8) is 0 Å². The van der Waals surface area contributed by atoms with Crippen molar-refractivity contribution in [1.82, 2.24) is 10.6 Å². The second-order valence-corrected chi connectivity index (χ2v) is 2.01. The van der Waals surface area contributed by atoms with Gasteiger partial charge in [0.05, 0.1) is 5.70 Å². The highest BCUT2D eigenvalue weighted by Crippen LogP contribution is 1.81. The largest absolute Gasteiger partial charge is 0.381 e. The molecule has 0 spiro atoms. The van der Waals surface area contributed by atoms with Gasteiger partial charge in [-0.2, -0.15) is 0 Å². The van der Waals surface area contributed by atoms with Crippen LogP contribution in [-0.2, 0) is 4.79 Å². The minimum atomic E-state index is -0.174. The van der Waals surface area contributed by atoms with Crippen LogP contribution in [0.15, 0.2) is 24.9 Å². The first-order chi connectivity index (χ1) is 5.22. The summed E-state index contributed by atoms with van der Waals surface area (Å²) in [5.41, 5.74) is 0.398. The molecule has 0 rings (SSSR count). The maximum Gasteiger partial charge on any atom is 0.266 e. The van der Waals surface area contributed by atoms with Crippen LogP contribution < -0.4 is 10.6 Å². The molecule has 0 unspecified atom stereocenters. The zero-order valence-corrected chi connectivity index (χ0v) is 6.81. The summed E-state index contributed by atoms with van der Waals surface area (Å²) in [7, 11) is 0. The zero-order valence-electron chi connectivity index (χ0n) is 6.81. The van der Waals surface area contributed by atoms with Gasteiger partial charge in [-0.15, -0.1) is 6.58 Å². The van der Waals surface area contributed by atoms with E-state index in [0.29, 0.717) is 18.8 Å². The highest BCUT2D eigenvalue weighted by Gasteiger charge is 2.01. The van der Waals surface area contributed by atoms with E-state index in [9.17, 15) is 4.79 Å². The Hall–Kier alpha value is -1.25. The Labute approximate surface area is 67.2 Å². The number of nitrogens with one attached hydrogen (secondary N) is 2. The predicted octanol–water partition coefficient (Wildman–Crippen LogP) is 0.412. The molecule has 0 saturated heterocycles. The third-order valence-corrected chi connectivity index (χ3v) is 1.07. The Morgan fingerprint density at radius 2 is 2.18 bits per heavy atom. The van der Waals surface area contributed by atoms with E-state index in [2.05, 4.69) is 23.8 Å². The van der Waals surface area contributed by atoms with E-state index >= 15 is 0 Å². The summed E-state index contributed by atoms with van der Waals surface area (Å²) in [5.74, 6) is -0.174. The molecule has 0 radical (unpaired) electrons. The van der Waals surface area contributed by atoms with Gasteiger partial charge < -0.3 is 10.6 Å². The van der Waals surface area contributed by atoms with Crippen molar-refractivity contribution in [1.29, 1.82) is 0 Å². The van der Waals surface area contributed by atoms with E-state index in [1.807, 2.05) is 6.92 Å². The third kappa shape index (κ3) is 4.19. The fraction of sp³-hybridized carbons (Fsp3) is 0.375. The average Bonchev–Trinajstić information content (AvgIpc) is 2.00. The molecule has 3 nitrogen and oxygen atoms in total. The summed E-state index contributed by atoms with van der Waals surface area (Å²) < 4.78 is 0. The topological polar surface area (TPSA) is 41.1 Å². The zero-order chi connectivity index (χ0) is 8.69. The van der Waals surface area contributed by atoms with Crippen molar-refractivity contribution in [3.05, 3.63) is 24.9 Å². The molecule has 62 valence electrons. The fourth-order valence-electron chi connectivity index (χ4n) is 0.565. The van der Waals surface area contributed by atoms with Gasteiger partial charge in [-0.25, -0.2) is 0 Å². The number of amides is 1. The molecule has 0 aromatic rings. The van der Waals surface area contributed by atoms with Crippen molar-refractivity contribution in [3.8, 4) is 0 Å². The smallest absolute Gasteiger partial charge is 0.266 e. The third-order valence-electron chi connectivity index (χ3n) is 1.07. The molecule has 0 aliphatic heterocycles. The van der Waals surface area contributed by atoms with Gasteiger partial charge in [-0.3, -0.25) is 4.79 Å². The monoisotopic (exact) mass is 154 g/mol. The van der Waals surface area contributed by atoms with Crippen molar-refractivity contribution < 1.29 is 4.79 Å². The average molecular weight is 154 g/mol. The van der Waals surface area contributed by atoms with Gasteiger partial charge in [-0.1, -0.05) is 12.7 Å². The van der Waals surface area contributed by atoms with Crippen LogP contribution in [0.5, 0.6) is 0 Å². The van der Waals surface area contributed by atoms with Gasteiger partial charge in [0.1, 0.15) is 0 Å². The van der Waals surface area contributed by atoms with Gasteiger partial charge in [0.15, 0.2) is 0 Å². The van der Waals surface area contributed by atoms with Crippen LogP contribution in [0, 0.1) is 0 Å². The van der Waals surface area contributed by atoms with E-state index in [0.717, 1.165) is 0 Å². The van der Waals surface area contributed by atoms with Crippen LogP contribution in [0.25, 0.3) is 0 Å². The summed E-state index contributed by atoms with van der Waals surface area (Å²) in [4.78, 5) is 11.0. The SMILES string of the molecule is C=CCNC(=O)C(=C)NCC. The van der Waals surface area contributed by atoms with Crippen molar-refractivity contribution >= 4 is 5.91 Å². The minimum absolute atomic E-state index is 0.174. The molecular formula is C8H14N2O. The molecule has 3 heteroatoms. The van der Waals surface area contributed by atoms with Crippen LogP contribution in [0.4, 0.5) is 0 Å². The Morgan fingerprint density at radius 3 is 2.64 bits per heavy atom. The maximum absolute atomic E-state index is 11.0. The predicted molar refractivity (Wildman–Crippen MR) is 46.0 cm³/mol. The Morgan fingerprint density at radius 1 is 1.55 bits per heavy atom. The molecule has 1 amide bonds. The number of carbonyl (C=O) groups excluding carboxylic acids is 1. The Balaban J connectivity index is 3.64. The summed E-state index contributed by atoms with van der Waals surface area (Å²) in [6, 6.07) is 0. The molecule has 0 heterocycles. The standard InChI is InChI=1S/C8H14N2O/c1-4-6-10-8(11)7(3)9-5-2/h4,9H,1,3,5-6H2,2H3,(H,10,11). The van der Waals surface area contributed by atoms with Crippen LogP contribution in [0.3, 0.4) is 0 Å². The van der Waals surface area contributed by atoms with Crippen molar-refractivity contribution in [2.24, 2.45) is 0 Å². The quantitative estimate of drug-likeness (QED) is 0.445. The lowest BCUT2D eigenvalue weighted by Gasteiger charge is -2.05. The van der Waals surface area contributed by atoms with Gasteiger partial charge in [-0.05, 0) is 6.92 Å². The van der Waals surface area contributed by atoms with Crippen molar-refractivity contribution in [2.45, 2.75) is 6.92 Å². The molecule has 0 aromatic carbocycles. The highest BCUT2D eigenvalue weighted by molar-refractivity contribution is 5.92. The molecule has 2 N–H and O–H groups in total. The van der Waals surface area contributed by atoms with Gasteiger partial charge in [0.2, 0.25) is 0 Å². The van der Waals surface area contributed by atoms with Gasteiger partial charge in [0, 0.05) is 13.1 Å². The number of likely N-dealkylation sites (N-methyl/N-ethyl adjacent to an activating group) is 1. The number of rotatable bonds is 5. The van der Waals surface area contributed by atoms with E-state index in [-0.39, 0.29) is 5.91 Å². The summed E-state index contributed by atoms with van der Waals surface area (Å²) >= 11 is 0. The van der Waals surface area contributed by atoms with Crippen LogP contribution in [-0.4, -0.2) is 19.0 Å². The minimum Gasteiger partial charge on any atom is -0.381 e. The molecule has 11 heavy (non-hydrogen) atoms. The second kappa shape index (κ2) is 5.53. The maximum atomic E-state index is 11.0. The van der Waals surface area contributed by atoms with E-state index in [4.69, 9.17) is 0 Å². The lowest BCUT2D eigenvalue weighted by atomic mass is 10.4. The van der Waals surface area contributed by atoms with Crippen molar-refractivity contribution in [2.75, 3.05) is 13.1 Å². The van der Waals surface area contributed by atoms with Crippen LogP contribution in [0.2, 0.25) is 0 Å². The molecular weight excluding hydrogens is 140 g/mol. The summed E-state index contributed by atoms with van der Waals surface area (Å²) in [6.07, 6.45) is 1.62. The Bertz CT molecular complexity index is 163. The molecule has 0 bridgehead atoms. The fourth-order valence-corrected chi connectivity index (χ4v) is 0.565. The molecule has 0 atom stereocenters. The molecule has 0 saturated carbocycles. The molecule has 0 aromatic heterocycles. The number of hydrogen-bond acceptors (Lipinski definition) is 2. The second-order valence-electron chi connectivity index (χ2n) is 2.01. The van der Waals surface area contributed by atoms with E-state index < -0.39 is 0 Å². The first-order valence-electron chi connectivity index (χ1n) is 3.54. The van der Waals surface area contributed by atoms with E-state index in [1.54, 1.807) is 6.08 Å². The first-order valence-corrected chi connectivity index (χ1v) is 3.54. The normalized spacial score (nSPS) is 8.45. The number of carbonyl (C=O) groups is 1. The van der Waals surface area contributed by atoms with Gasteiger partial charge in [0.25, 0.3) is 5.91 Å². The summed E-state index contributed by atoms with van der Waals surface area (Å²) in [6.45, 7) is 10.1. The Kier molecular flexibility index (Phi) is 4.90. The van der Waals surface area contributed by atoms with Gasteiger partial charge >= 0.3 is 0 Å². The van der Waals surface area contributed by atoms with Crippen LogP contribution in [0.1, 0.15) is 6.92 Å². The summed E-state index contributed by atoms with van der Waals surface area (Å²) in [5, 5.41) is 5.41.